The fourth-order valence-corrected chi connectivity index (χ4v) is 3.32. The quantitative estimate of drug-likeness (QED) is 0.237. The monoisotopic (exact) mass is 318 g/mol. The zero-order valence-electron chi connectivity index (χ0n) is 14.0. The predicted octanol–water partition coefficient (Wildman–Crippen LogP) is 6.94. The summed E-state index contributed by atoms with van der Waals surface area (Å²) in [5.41, 5.74) is 0.352. The molecule has 122 valence electrons. The van der Waals surface area contributed by atoms with Crippen LogP contribution in [0.25, 0.3) is 0 Å². The summed E-state index contributed by atoms with van der Waals surface area (Å²) in [6, 6.07) is 0. The maximum atomic E-state index is 4.44. The minimum absolute atomic E-state index is 0.352. The second-order valence-corrected chi connectivity index (χ2v) is 7.40. The van der Waals surface area contributed by atoms with E-state index in [-0.39, 0.29) is 0 Å². The van der Waals surface area contributed by atoms with Gasteiger partial charge >= 0.3 is 0 Å². The van der Waals surface area contributed by atoms with Crippen molar-refractivity contribution in [3.8, 4) is 0 Å². The summed E-state index contributed by atoms with van der Waals surface area (Å²) in [4.78, 5) is 0. The highest BCUT2D eigenvalue weighted by molar-refractivity contribution is 7.81. The van der Waals surface area contributed by atoms with Crippen molar-refractivity contribution in [2.75, 3.05) is 11.5 Å². The average Bonchev–Trinajstić information content (AvgIpc) is 2.48. The fourth-order valence-electron chi connectivity index (χ4n) is 2.60. The van der Waals surface area contributed by atoms with E-state index in [1.807, 2.05) is 0 Å². The van der Waals surface area contributed by atoms with Crippen LogP contribution in [-0.4, -0.2) is 11.5 Å². The molecule has 0 rings (SSSR count). The van der Waals surface area contributed by atoms with Gasteiger partial charge in [0.25, 0.3) is 0 Å². The Balaban J connectivity index is 3.17. The van der Waals surface area contributed by atoms with Gasteiger partial charge in [-0.3, -0.25) is 0 Å². The number of hydrogen-bond donors (Lipinski definition) is 2. The first-order valence-electron chi connectivity index (χ1n) is 8.90. The van der Waals surface area contributed by atoms with Crippen LogP contribution in [0.15, 0.2) is 0 Å². The third kappa shape index (κ3) is 12.4. The Hall–Kier alpha value is 0.700. The molecular formula is C18H38S2. The SMILES string of the molecule is CCCCCCCCCCCCCCC(C)(CS)CS. The van der Waals surface area contributed by atoms with Crippen molar-refractivity contribution >= 4 is 25.3 Å². The molecular weight excluding hydrogens is 280 g/mol. The van der Waals surface area contributed by atoms with Crippen LogP contribution in [0.3, 0.4) is 0 Å². The summed E-state index contributed by atoms with van der Waals surface area (Å²) >= 11 is 8.89. The van der Waals surface area contributed by atoms with Crippen LogP contribution in [0.2, 0.25) is 0 Å². The normalized spacial score (nSPS) is 12.0. The van der Waals surface area contributed by atoms with Gasteiger partial charge in [-0.1, -0.05) is 90.9 Å². The van der Waals surface area contributed by atoms with Crippen molar-refractivity contribution in [1.29, 1.82) is 0 Å². The van der Waals surface area contributed by atoms with Crippen molar-refractivity contribution < 1.29 is 0 Å². The number of hydrogen-bond acceptors (Lipinski definition) is 2. The summed E-state index contributed by atoms with van der Waals surface area (Å²) in [5, 5.41) is 0. The van der Waals surface area contributed by atoms with Gasteiger partial charge in [0.1, 0.15) is 0 Å². The van der Waals surface area contributed by atoms with E-state index in [2.05, 4.69) is 39.1 Å². The number of unbranched alkanes of at least 4 members (excludes halogenated alkanes) is 11. The Morgan fingerprint density at radius 1 is 0.600 bits per heavy atom. The van der Waals surface area contributed by atoms with Crippen LogP contribution in [0.4, 0.5) is 0 Å². The first-order chi connectivity index (χ1) is 9.68. The largest absolute Gasteiger partial charge is 0.179 e. The Bertz CT molecular complexity index is 188. The van der Waals surface area contributed by atoms with Gasteiger partial charge in [-0.2, -0.15) is 25.3 Å². The third-order valence-corrected chi connectivity index (χ3v) is 5.92. The second kappa shape index (κ2) is 14.6. The Labute approximate surface area is 139 Å². The van der Waals surface area contributed by atoms with Crippen LogP contribution in [-0.2, 0) is 0 Å². The van der Waals surface area contributed by atoms with Crippen molar-refractivity contribution in [2.45, 2.75) is 97.3 Å². The fraction of sp³-hybridized carbons (Fsp3) is 1.00. The number of thiol groups is 2. The molecule has 0 N–H and O–H groups in total. The summed E-state index contributed by atoms with van der Waals surface area (Å²) in [7, 11) is 0. The molecule has 0 saturated heterocycles. The molecule has 0 nitrogen and oxygen atoms in total. The van der Waals surface area contributed by atoms with E-state index >= 15 is 0 Å². The van der Waals surface area contributed by atoms with Crippen LogP contribution in [0, 0.1) is 5.41 Å². The lowest BCUT2D eigenvalue weighted by atomic mass is 9.88. The maximum Gasteiger partial charge on any atom is -0.00360 e. The van der Waals surface area contributed by atoms with E-state index in [1.165, 1.54) is 83.5 Å². The zero-order chi connectivity index (χ0) is 15.1. The molecule has 0 fully saturated rings. The predicted molar refractivity (Wildman–Crippen MR) is 102 cm³/mol. The van der Waals surface area contributed by atoms with E-state index < -0.39 is 0 Å². The van der Waals surface area contributed by atoms with E-state index in [1.54, 1.807) is 0 Å². The van der Waals surface area contributed by atoms with Crippen molar-refractivity contribution in [2.24, 2.45) is 5.41 Å². The number of rotatable bonds is 15. The minimum Gasteiger partial charge on any atom is -0.179 e. The first-order valence-corrected chi connectivity index (χ1v) is 10.2. The topological polar surface area (TPSA) is 0 Å². The molecule has 0 saturated carbocycles. The third-order valence-electron chi connectivity index (χ3n) is 4.40. The Kier molecular flexibility index (Phi) is 15.1. The van der Waals surface area contributed by atoms with Gasteiger partial charge in [-0.15, -0.1) is 0 Å². The molecule has 0 bridgehead atoms. The zero-order valence-corrected chi connectivity index (χ0v) is 15.8. The van der Waals surface area contributed by atoms with Gasteiger partial charge in [-0.25, -0.2) is 0 Å². The first kappa shape index (κ1) is 20.7. The summed E-state index contributed by atoms with van der Waals surface area (Å²) < 4.78 is 0. The van der Waals surface area contributed by atoms with Gasteiger partial charge < -0.3 is 0 Å². The van der Waals surface area contributed by atoms with Crippen molar-refractivity contribution in [1.82, 2.24) is 0 Å². The van der Waals surface area contributed by atoms with Crippen LogP contribution in [0.1, 0.15) is 97.3 Å². The van der Waals surface area contributed by atoms with E-state index in [9.17, 15) is 0 Å². The molecule has 0 radical (unpaired) electrons. The molecule has 0 aliphatic rings. The molecule has 0 aromatic carbocycles. The minimum atomic E-state index is 0.352. The summed E-state index contributed by atoms with van der Waals surface area (Å²) in [5.74, 6) is 1.93. The Morgan fingerprint density at radius 2 is 0.950 bits per heavy atom. The Morgan fingerprint density at radius 3 is 1.30 bits per heavy atom. The lowest BCUT2D eigenvalue weighted by molar-refractivity contribution is 0.374. The summed E-state index contributed by atoms with van der Waals surface area (Å²) in [6.07, 6.45) is 18.4. The van der Waals surface area contributed by atoms with E-state index in [0.29, 0.717) is 5.41 Å². The van der Waals surface area contributed by atoms with E-state index in [4.69, 9.17) is 0 Å². The molecule has 0 spiro atoms. The molecule has 0 aromatic heterocycles. The van der Waals surface area contributed by atoms with Crippen molar-refractivity contribution in [3.63, 3.8) is 0 Å². The van der Waals surface area contributed by atoms with Gasteiger partial charge in [-0.05, 0) is 23.3 Å². The van der Waals surface area contributed by atoms with Gasteiger partial charge in [0, 0.05) is 0 Å². The second-order valence-electron chi connectivity index (χ2n) is 6.77. The molecule has 0 atom stereocenters. The molecule has 0 unspecified atom stereocenters. The smallest absolute Gasteiger partial charge is 0.00360 e. The molecule has 0 heterocycles. The van der Waals surface area contributed by atoms with Crippen LogP contribution < -0.4 is 0 Å². The summed E-state index contributed by atoms with van der Waals surface area (Å²) in [6.45, 7) is 4.60. The lowest BCUT2D eigenvalue weighted by Crippen LogP contribution is -2.20. The highest BCUT2D eigenvalue weighted by Gasteiger charge is 2.19. The van der Waals surface area contributed by atoms with Crippen LogP contribution in [0.5, 0.6) is 0 Å². The highest BCUT2D eigenvalue weighted by atomic mass is 32.1. The van der Waals surface area contributed by atoms with Crippen LogP contribution >= 0.6 is 25.3 Å². The highest BCUT2D eigenvalue weighted by Crippen LogP contribution is 2.27. The maximum absolute atomic E-state index is 4.44. The van der Waals surface area contributed by atoms with Gasteiger partial charge in [0.15, 0.2) is 0 Å². The molecule has 0 aliphatic heterocycles. The molecule has 0 aromatic rings. The van der Waals surface area contributed by atoms with Gasteiger partial charge in [0.05, 0.1) is 0 Å². The standard InChI is InChI=1S/C18H38S2/c1-3-4-5-6-7-8-9-10-11-12-13-14-15-18(2,16-19)17-20/h19-20H,3-17H2,1-2H3. The lowest BCUT2D eigenvalue weighted by Gasteiger charge is -2.25. The molecule has 20 heavy (non-hydrogen) atoms. The molecule has 2 heteroatoms. The average molecular weight is 319 g/mol. The molecule has 0 aliphatic carbocycles. The van der Waals surface area contributed by atoms with E-state index in [0.717, 1.165) is 11.5 Å². The molecule has 0 amide bonds. The van der Waals surface area contributed by atoms with Gasteiger partial charge in [0.2, 0.25) is 0 Å². The van der Waals surface area contributed by atoms with Crippen molar-refractivity contribution in [3.05, 3.63) is 0 Å².